The fourth-order valence-corrected chi connectivity index (χ4v) is 3.12. The first-order valence-electron chi connectivity index (χ1n) is 8.52. The Hall–Kier alpha value is -3.87. The lowest BCUT2D eigenvalue weighted by Crippen LogP contribution is -2.25. The Balaban J connectivity index is 2.46. The van der Waals surface area contributed by atoms with Crippen molar-refractivity contribution >= 4 is 27.1 Å². The zero-order valence-electron chi connectivity index (χ0n) is 15.7. The van der Waals surface area contributed by atoms with E-state index in [0.717, 1.165) is 61.1 Å². The molecule has 0 N–H and O–H groups in total. The monoisotopic (exact) mass is 469 g/mol. The van der Waals surface area contributed by atoms with E-state index in [4.69, 9.17) is 0 Å². The molecule has 0 spiro atoms. The second-order valence-corrected chi connectivity index (χ2v) is 7.60. The van der Waals surface area contributed by atoms with Gasteiger partial charge < -0.3 is 4.18 Å². The van der Waals surface area contributed by atoms with Gasteiger partial charge in [-0.1, -0.05) is 12.1 Å². The summed E-state index contributed by atoms with van der Waals surface area (Å²) in [5, 5.41) is 11.5. The maximum atomic E-state index is 13.5. The van der Waals surface area contributed by atoms with Gasteiger partial charge in [-0.2, -0.15) is 21.6 Å². The molecule has 0 aliphatic rings. The first kappa shape index (κ1) is 22.8. The zero-order chi connectivity index (χ0) is 23.5. The van der Waals surface area contributed by atoms with Crippen LogP contribution in [0, 0.1) is 15.9 Å². The van der Waals surface area contributed by atoms with Crippen molar-refractivity contribution in [2.24, 2.45) is 0 Å². The van der Waals surface area contributed by atoms with Gasteiger partial charge in [0, 0.05) is 30.2 Å². The molecule has 0 amide bonds. The summed E-state index contributed by atoms with van der Waals surface area (Å²) in [6.45, 7) is 0. The molecule has 0 aliphatic carbocycles. The van der Waals surface area contributed by atoms with E-state index in [1.165, 1.54) is 6.07 Å². The topological polar surface area (TPSA) is 112 Å². The Kier molecular flexibility index (Phi) is 6.20. The lowest BCUT2D eigenvalue weighted by molar-refractivity contribution is -0.385. The van der Waals surface area contributed by atoms with Crippen LogP contribution in [0.25, 0.3) is 11.3 Å². The Bertz CT molecular complexity index is 1280. The summed E-state index contributed by atoms with van der Waals surface area (Å²) in [5.74, 6) is -1.61. The van der Waals surface area contributed by atoms with Crippen molar-refractivity contribution in [1.29, 1.82) is 0 Å². The third-order valence-corrected chi connectivity index (χ3v) is 4.95. The van der Waals surface area contributed by atoms with Crippen molar-refractivity contribution in [2.75, 3.05) is 0 Å². The van der Waals surface area contributed by atoms with Crippen molar-refractivity contribution in [3.05, 3.63) is 99.9 Å². The zero-order valence-corrected chi connectivity index (χ0v) is 16.5. The van der Waals surface area contributed by atoms with Gasteiger partial charge in [-0.05, 0) is 35.9 Å². The molecule has 0 aliphatic heterocycles. The van der Waals surface area contributed by atoms with Crippen LogP contribution in [-0.4, -0.2) is 28.8 Å². The second kappa shape index (κ2) is 8.70. The van der Waals surface area contributed by atoms with Crippen LogP contribution < -0.4 is 0 Å². The highest BCUT2D eigenvalue weighted by Gasteiger charge is 2.49. The van der Waals surface area contributed by atoms with E-state index in [2.05, 4.69) is 14.2 Å². The largest absolute Gasteiger partial charge is 0.534 e. The molecule has 13 heteroatoms. The van der Waals surface area contributed by atoms with E-state index >= 15 is 0 Å². The molecule has 32 heavy (non-hydrogen) atoms. The molecule has 0 atom stereocenters. The van der Waals surface area contributed by atoms with Gasteiger partial charge in [0.15, 0.2) is 11.5 Å². The van der Waals surface area contributed by atoms with E-state index in [9.17, 15) is 36.1 Å². The number of nitro groups is 1. The van der Waals surface area contributed by atoms with Gasteiger partial charge in [-0.3, -0.25) is 15.1 Å². The molecular formula is C19H11F4N3O5S. The predicted molar refractivity (Wildman–Crippen MR) is 104 cm³/mol. The molecule has 2 aromatic heterocycles. The average Bonchev–Trinajstić information content (AvgIpc) is 2.74. The molecule has 166 valence electrons. The molecule has 0 saturated heterocycles. The lowest BCUT2D eigenvalue weighted by Gasteiger charge is -2.17. The lowest BCUT2D eigenvalue weighted by atomic mass is 9.97. The third kappa shape index (κ3) is 4.72. The normalized spacial score (nSPS) is 12.8. The SMILES string of the molecule is O=[N+]([O-])c1cccnc1C(=C(OS(=O)(=O)C(F)(F)F)c1ccncc1)c1ccc(F)cc1. The average molecular weight is 469 g/mol. The van der Waals surface area contributed by atoms with Gasteiger partial charge >= 0.3 is 15.6 Å². The summed E-state index contributed by atoms with van der Waals surface area (Å²) in [7, 11) is -6.20. The summed E-state index contributed by atoms with van der Waals surface area (Å²) in [5.41, 5.74) is -7.70. The van der Waals surface area contributed by atoms with Crippen LogP contribution in [0.15, 0.2) is 67.1 Å². The summed E-state index contributed by atoms with van der Waals surface area (Å²) in [6, 6.07) is 8.57. The summed E-state index contributed by atoms with van der Waals surface area (Å²) >= 11 is 0. The van der Waals surface area contributed by atoms with Crippen molar-refractivity contribution in [3.8, 4) is 0 Å². The number of hydrogen-bond donors (Lipinski definition) is 0. The van der Waals surface area contributed by atoms with Crippen molar-refractivity contribution < 1.29 is 35.1 Å². The van der Waals surface area contributed by atoms with Crippen molar-refractivity contribution in [3.63, 3.8) is 0 Å². The predicted octanol–water partition coefficient (Wildman–Crippen LogP) is 4.31. The highest BCUT2D eigenvalue weighted by Crippen LogP contribution is 2.39. The molecule has 0 radical (unpaired) electrons. The highest BCUT2D eigenvalue weighted by molar-refractivity contribution is 7.87. The van der Waals surface area contributed by atoms with Gasteiger partial charge in [-0.15, -0.1) is 0 Å². The third-order valence-electron chi connectivity index (χ3n) is 4.00. The van der Waals surface area contributed by atoms with Crippen LogP contribution >= 0.6 is 0 Å². The van der Waals surface area contributed by atoms with Crippen LogP contribution in [-0.2, 0) is 14.3 Å². The number of hydrogen-bond acceptors (Lipinski definition) is 7. The number of pyridine rings is 2. The number of nitrogens with zero attached hydrogens (tertiary/aromatic N) is 3. The summed E-state index contributed by atoms with van der Waals surface area (Å²) in [6.07, 6.45) is 3.41. The molecule has 1 aromatic carbocycles. The second-order valence-electron chi connectivity index (χ2n) is 6.06. The van der Waals surface area contributed by atoms with Gasteiger partial charge in [0.2, 0.25) is 0 Å². The van der Waals surface area contributed by atoms with Crippen LogP contribution in [0.4, 0.5) is 23.2 Å². The first-order chi connectivity index (χ1) is 15.0. The minimum atomic E-state index is -6.20. The summed E-state index contributed by atoms with van der Waals surface area (Å²) < 4.78 is 81.0. The fourth-order valence-electron chi connectivity index (χ4n) is 2.62. The van der Waals surface area contributed by atoms with Gasteiger partial charge in [0.05, 0.1) is 10.5 Å². The Morgan fingerprint density at radius 1 is 0.969 bits per heavy atom. The van der Waals surface area contributed by atoms with E-state index in [1.54, 1.807) is 0 Å². The van der Waals surface area contributed by atoms with Crippen LogP contribution in [0.1, 0.15) is 16.8 Å². The molecule has 3 rings (SSSR count). The van der Waals surface area contributed by atoms with E-state index < -0.39 is 49.1 Å². The maximum absolute atomic E-state index is 13.5. The molecular weight excluding hydrogens is 458 g/mol. The molecule has 2 heterocycles. The van der Waals surface area contributed by atoms with E-state index in [1.807, 2.05) is 0 Å². The highest BCUT2D eigenvalue weighted by atomic mass is 32.2. The van der Waals surface area contributed by atoms with Gasteiger partial charge in [0.1, 0.15) is 5.82 Å². The Morgan fingerprint density at radius 2 is 1.59 bits per heavy atom. The van der Waals surface area contributed by atoms with Crippen LogP contribution in [0.5, 0.6) is 0 Å². The minimum Gasteiger partial charge on any atom is -0.375 e. The van der Waals surface area contributed by atoms with Crippen LogP contribution in [0.2, 0.25) is 0 Å². The number of aromatic nitrogens is 2. The number of halogens is 4. The van der Waals surface area contributed by atoms with Gasteiger partial charge in [0.25, 0.3) is 5.69 Å². The number of benzene rings is 1. The Morgan fingerprint density at radius 3 is 2.16 bits per heavy atom. The smallest absolute Gasteiger partial charge is 0.375 e. The first-order valence-corrected chi connectivity index (χ1v) is 9.93. The maximum Gasteiger partial charge on any atom is 0.534 e. The molecule has 0 unspecified atom stereocenters. The van der Waals surface area contributed by atoms with Gasteiger partial charge in [-0.25, -0.2) is 9.37 Å². The summed E-state index contributed by atoms with van der Waals surface area (Å²) in [4.78, 5) is 18.3. The molecule has 0 fully saturated rings. The fraction of sp³-hybridized carbons (Fsp3) is 0.0526. The quantitative estimate of drug-likeness (QED) is 0.132. The molecule has 3 aromatic rings. The van der Waals surface area contributed by atoms with E-state index in [-0.39, 0.29) is 11.1 Å². The van der Waals surface area contributed by atoms with Crippen molar-refractivity contribution in [2.45, 2.75) is 5.51 Å². The van der Waals surface area contributed by atoms with Crippen molar-refractivity contribution in [1.82, 2.24) is 9.97 Å². The van der Waals surface area contributed by atoms with Crippen LogP contribution in [0.3, 0.4) is 0 Å². The molecule has 0 bridgehead atoms. The minimum absolute atomic E-state index is 0.0858. The Labute approximate surface area is 178 Å². The van der Waals surface area contributed by atoms with E-state index in [0.29, 0.717) is 0 Å². The number of rotatable bonds is 6. The standard InChI is InChI=1S/C19H11F4N3O5S/c20-14-5-3-12(4-6-14)16(17-15(26(27)28)2-1-9-25-17)18(13-7-10-24-11-8-13)31-32(29,30)19(21,22)23/h1-11H. The molecule has 0 saturated carbocycles. The number of alkyl halides is 3. The molecule has 8 nitrogen and oxygen atoms in total.